The maximum atomic E-state index is 12.9. The van der Waals surface area contributed by atoms with Crippen LogP contribution in [0.1, 0.15) is 239 Å². The molecule has 0 bridgehead atoms. The van der Waals surface area contributed by atoms with E-state index in [0.29, 0.717) is 19.3 Å². The maximum absolute atomic E-state index is 12.9. The van der Waals surface area contributed by atoms with Crippen molar-refractivity contribution in [1.82, 2.24) is 0 Å². The highest BCUT2D eigenvalue weighted by Crippen LogP contribution is 2.43. The van der Waals surface area contributed by atoms with Gasteiger partial charge >= 0.3 is 25.7 Å². The Morgan fingerprint density at radius 3 is 1.12 bits per heavy atom. The molecule has 0 aliphatic heterocycles. The summed E-state index contributed by atoms with van der Waals surface area (Å²) < 4.78 is 39.5. The van der Waals surface area contributed by atoms with E-state index in [1.807, 2.05) is 0 Å². The van der Waals surface area contributed by atoms with Gasteiger partial charge in [0.1, 0.15) is 12.7 Å². The number of carbonyl (C=O) groups is 3. The van der Waals surface area contributed by atoms with Gasteiger partial charge in [0.25, 0.3) is 0 Å². The van der Waals surface area contributed by atoms with Gasteiger partial charge in [0, 0.05) is 19.3 Å². The number of esters is 3. The van der Waals surface area contributed by atoms with Crippen molar-refractivity contribution in [2.24, 2.45) is 0 Å². The first-order valence-electron chi connectivity index (χ1n) is 29.8. The highest BCUT2D eigenvalue weighted by Gasteiger charge is 2.28. The molecular weight excluding hydrogens is 976 g/mol. The average Bonchev–Trinajstić information content (AvgIpc) is 3.41. The van der Waals surface area contributed by atoms with E-state index in [0.717, 1.165) is 141 Å². The number of phosphoric acid groups is 1. The van der Waals surface area contributed by atoms with E-state index in [1.54, 1.807) is 0 Å². The number of allylic oxidation sites excluding steroid dienone is 18. The molecule has 0 heterocycles. The zero-order valence-electron chi connectivity index (χ0n) is 47.9. The summed E-state index contributed by atoms with van der Waals surface area (Å²) in [7, 11) is -4.77. The van der Waals surface area contributed by atoms with Crippen LogP contribution in [-0.2, 0) is 42.2 Å². The standard InChI is InChI=1S/C64H107O11P/c1-4-7-10-13-16-19-22-24-26-28-30-32-34-36-39-42-45-48-51-54-63(67)74-60(56-65)58-72-76(69,70)73-59-61(57-71-62(66)53-50-47-44-41-38-21-18-15-12-9-6-3)75-64(68)55-52-49-46-43-40-37-35-33-31-29-27-25-23-20-17-14-11-8-5-2/h8,11,15-20,24-27,30-33,37,40,60-61,65H,4-7,9-10,12-14,21-23,28-29,34-36,38-39,41-59H2,1-3H3,(H,69,70)/b11-8-,18-15-,19-16-,20-17-,26-24-,27-25-,32-30-,33-31-,40-37-. The number of hydrogen-bond acceptors (Lipinski definition) is 10. The van der Waals surface area contributed by atoms with Crippen LogP contribution in [-0.4, -0.2) is 66.5 Å². The van der Waals surface area contributed by atoms with Crippen LogP contribution < -0.4 is 0 Å². The summed E-state index contributed by atoms with van der Waals surface area (Å²) in [5.41, 5.74) is 0. The quantitative estimate of drug-likeness (QED) is 0.0197. The maximum Gasteiger partial charge on any atom is 0.472 e. The monoisotopic (exact) mass is 1080 g/mol. The number of ether oxygens (including phenoxy) is 3. The summed E-state index contributed by atoms with van der Waals surface area (Å²) in [6.07, 6.45) is 69.0. The zero-order valence-corrected chi connectivity index (χ0v) is 48.8. The van der Waals surface area contributed by atoms with E-state index in [9.17, 15) is 28.9 Å². The number of unbranched alkanes of at least 4 members (excludes halogenated alkanes) is 19. The molecule has 0 aromatic carbocycles. The number of rotatable bonds is 54. The van der Waals surface area contributed by atoms with Gasteiger partial charge in [0.05, 0.1) is 19.8 Å². The molecule has 434 valence electrons. The summed E-state index contributed by atoms with van der Waals surface area (Å²) in [5, 5.41) is 9.83. The Balaban J connectivity index is 4.73. The van der Waals surface area contributed by atoms with E-state index in [4.69, 9.17) is 23.3 Å². The molecule has 12 heteroatoms. The largest absolute Gasteiger partial charge is 0.472 e. The molecule has 0 spiro atoms. The molecule has 76 heavy (non-hydrogen) atoms. The van der Waals surface area contributed by atoms with Crippen LogP contribution in [0.15, 0.2) is 109 Å². The molecule has 0 aliphatic rings. The molecule has 0 radical (unpaired) electrons. The van der Waals surface area contributed by atoms with Gasteiger partial charge in [-0.1, -0.05) is 207 Å². The van der Waals surface area contributed by atoms with Crippen molar-refractivity contribution in [1.29, 1.82) is 0 Å². The summed E-state index contributed by atoms with van der Waals surface area (Å²) in [6, 6.07) is 0. The first-order chi connectivity index (χ1) is 37.2. The number of carbonyl (C=O) groups excluding carboxylic acids is 3. The third-order valence-electron chi connectivity index (χ3n) is 12.1. The fraction of sp³-hybridized carbons (Fsp3) is 0.672. The van der Waals surface area contributed by atoms with Gasteiger partial charge in [-0.05, 0) is 122 Å². The molecule has 11 nitrogen and oxygen atoms in total. The topological polar surface area (TPSA) is 155 Å². The predicted molar refractivity (Wildman–Crippen MR) is 316 cm³/mol. The van der Waals surface area contributed by atoms with Crippen molar-refractivity contribution < 1.29 is 52.2 Å². The molecule has 0 aromatic heterocycles. The minimum atomic E-state index is -4.77. The molecule has 3 atom stereocenters. The summed E-state index contributed by atoms with van der Waals surface area (Å²) in [4.78, 5) is 48.5. The first kappa shape index (κ1) is 72.1. The van der Waals surface area contributed by atoms with Gasteiger partial charge in [-0.25, -0.2) is 4.57 Å². The Bertz CT molecular complexity index is 1690. The Labute approximate surface area is 463 Å². The lowest BCUT2D eigenvalue weighted by Gasteiger charge is -2.21. The van der Waals surface area contributed by atoms with Crippen LogP contribution in [0, 0.1) is 0 Å². The lowest BCUT2D eigenvalue weighted by molar-refractivity contribution is -0.161. The van der Waals surface area contributed by atoms with Crippen LogP contribution in [0.5, 0.6) is 0 Å². The van der Waals surface area contributed by atoms with Crippen molar-refractivity contribution in [3.05, 3.63) is 109 Å². The fourth-order valence-corrected chi connectivity index (χ4v) is 8.39. The lowest BCUT2D eigenvalue weighted by atomic mass is 10.1. The van der Waals surface area contributed by atoms with Crippen molar-refractivity contribution in [2.75, 3.05) is 26.4 Å². The number of aliphatic hydroxyl groups is 1. The van der Waals surface area contributed by atoms with E-state index >= 15 is 0 Å². The molecule has 0 saturated heterocycles. The molecule has 0 rings (SSSR count). The molecule has 3 unspecified atom stereocenters. The first-order valence-corrected chi connectivity index (χ1v) is 31.3. The smallest absolute Gasteiger partial charge is 0.462 e. The second-order valence-corrected chi connectivity index (χ2v) is 20.9. The predicted octanol–water partition coefficient (Wildman–Crippen LogP) is 17.8. The van der Waals surface area contributed by atoms with E-state index < -0.39 is 57.8 Å². The number of phosphoric ester groups is 1. The average molecular weight is 1080 g/mol. The van der Waals surface area contributed by atoms with Gasteiger partial charge in [0.15, 0.2) is 6.10 Å². The molecule has 0 amide bonds. The normalized spacial score (nSPS) is 14.1. The van der Waals surface area contributed by atoms with Crippen LogP contribution in [0.2, 0.25) is 0 Å². The van der Waals surface area contributed by atoms with Crippen LogP contribution in [0.3, 0.4) is 0 Å². The van der Waals surface area contributed by atoms with Gasteiger partial charge in [-0.2, -0.15) is 0 Å². The van der Waals surface area contributed by atoms with Crippen LogP contribution in [0.4, 0.5) is 0 Å². The molecule has 2 N–H and O–H groups in total. The molecular formula is C64H107O11P. The highest BCUT2D eigenvalue weighted by atomic mass is 31.2. The zero-order chi connectivity index (χ0) is 55.5. The Kier molecular flexibility index (Phi) is 54.4. The Morgan fingerprint density at radius 2 is 0.697 bits per heavy atom. The lowest BCUT2D eigenvalue weighted by Crippen LogP contribution is -2.30. The Morgan fingerprint density at radius 1 is 0.382 bits per heavy atom. The summed E-state index contributed by atoms with van der Waals surface area (Å²) in [6.45, 7) is 4.40. The molecule has 0 saturated carbocycles. The molecule has 0 fully saturated rings. The van der Waals surface area contributed by atoms with Crippen molar-refractivity contribution in [3.8, 4) is 0 Å². The second-order valence-electron chi connectivity index (χ2n) is 19.4. The second kappa shape index (κ2) is 57.3. The Hall–Kier alpha value is -3.86. The van der Waals surface area contributed by atoms with Crippen LogP contribution >= 0.6 is 7.82 Å². The SMILES string of the molecule is CC/C=C\C/C=C\C/C=C\C/C=C\C/C=C\CCCCCC(=O)OC(COC(=O)CCCCCCC/C=C\CCCC)COP(=O)(O)OCC(CO)OC(=O)CCCCCCCC/C=C\C/C=C\C/C=C\CCCCC. The minimum Gasteiger partial charge on any atom is -0.462 e. The summed E-state index contributed by atoms with van der Waals surface area (Å²) >= 11 is 0. The van der Waals surface area contributed by atoms with Crippen molar-refractivity contribution >= 4 is 25.7 Å². The fourth-order valence-electron chi connectivity index (χ4n) is 7.60. The number of aliphatic hydroxyl groups excluding tert-OH is 1. The highest BCUT2D eigenvalue weighted by molar-refractivity contribution is 7.47. The summed E-state index contributed by atoms with van der Waals surface area (Å²) in [5.74, 6) is -1.53. The molecule has 0 aromatic rings. The van der Waals surface area contributed by atoms with E-state index in [2.05, 4.69) is 130 Å². The van der Waals surface area contributed by atoms with Gasteiger partial charge in [0.2, 0.25) is 0 Å². The minimum absolute atomic E-state index is 0.121. The van der Waals surface area contributed by atoms with Crippen LogP contribution in [0.25, 0.3) is 0 Å². The third-order valence-corrected chi connectivity index (χ3v) is 13.1. The van der Waals surface area contributed by atoms with E-state index in [-0.39, 0.29) is 25.9 Å². The van der Waals surface area contributed by atoms with E-state index in [1.165, 1.54) is 38.5 Å². The number of hydrogen-bond donors (Lipinski definition) is 2. The third kappa shape index (κ3) is 54.9. The van der Waals surface area contributed by atoms with Crippen molar-refractivity contribution in [3.63, 3.8) is 0 Å². The van der Waals surface area contributed by atoms with Gasteiger partial charge in [-0.3, -0.25) is 23.4 Å². The van der Waals surface area contributed by atoms with Crippen molar-refractivity contribution in [2.45, 2.75) is 251 Å². The van der Waals surface area contributed by atoms with Gasteiger partial charge < -0.3 is 24.2 Å². The molecule has 0 aliphatic carbocycles. The van der Waals surface area contributed by atoms with Gasteiger partial charge in [-0.15, -0.1) is 0 Å².